The van der Waals surface area contributed by atoms with Gasteiger partial charge >= 0.3 is 0 Å². The Bertz CT molecular complexity index is 741. The quantitative estimate of drug-likeness (QED) is 0.740. The van der Waals surface area contributed by atoms with E-state index in [1.807, 2.05) is 30.3 Å². The second-order valence-corrected chi connectivity index (χ2v) is 7.63. The van der Waals surface area contributed by atoms with Crippen molar-refractivity contribution in [2.24, 2.45) is 5.92 Å². The number of carbonyl (C=O) groups excluding carboxylic acids is 1. The Balaban J connectivity index is 1.61. The molecule has 0 spiro atoms. The molecule has 26 heavy (non-hydrogen) atoms. The number of anilines is 1. The number of carbonyl (C=O) groups is 1. The van der Waals surface area contributed by atoms with E-state index in [9.17, 15) is 4.79 Å². The number of hydrogen-bond donors (Lipinski definition) is 1. The largest absolute Gasteiger partial charge is 0.326 e. The number of nitrogens with one attached hydrogen (secondary N) is 1. The molecule has 5 heteroatoms. The predicted molar refractivity (Wildman–Crippen MR) is 109 cm³/mol. The standard InChI is InChI=1S/C21H24Cl2N2O/c1-2-15-8-10-17(11-9-15)24-21(26)16-5-4-12-25(13-16)14-18-19(22)6-3-7-20(18)23/h3,6-11,16H,2,4-5,12-14H2,1H3,(H,24,26)/t16-/m1/s1. The lowest BCUT2D eigenvalue weighted by Gasteiger charge is -2.32. The molecule has 1 amide bonds. The van der Waals surface area contributed by atoms with Gasteiger partial charge in [-0.05, 0) is 55.6 Å². The smallest absolute Gasteiger partial charge is 0.228 e. The molecule has 1 aliphatic rings. The Labute approximate surface area is 165 Å². The Hall–Kier alpha value is -1.55. The molecule has 2 aromatic rings. The van der Waals surface area contributed by atoms with E-state index in [-0.39, 0.29) is 11.8 Å². The van der Waals surface area contributed by atoms with Crippen molar-refractivity contribution in [3.8, 4) is 0 Å². The first-order chi connectivity index (χ1) is 12.6. The molecule has 1 fully saturated rings. The summed E-state index contributed by atoms with van der Waals surface area (Å²) < 4.78 is 0. The zero-order chi connectivity index (χ0) is 18.5. The number of hydrogen-bond acceptors (Lipinski definition) is 2. The van der Waals surface area contributed by atoms with Gasteiger partial charge in [0.05, 0.1) is 5.92 Å². The average molecular weight is 391 g/mol. The molecule has 0 saturated carbocycles. The third-order valence-corrected chi connectivity index (χ3v) is 5.66. The number of likely N-dealkylation sites (tertiary alicyclic amines) is 1. The van der Waals surface area contributed by atoms with E-state index in [0.29, 0.717) is 16.6 Å². The number of rotatable bonds is 5. The molecule has 1 atom stereocenters. The third kappa shape index (κ3) is 4.79. The highest BCUT2D eigenvalue weighted by molar-refractivity contribution is 6.35. The summed E-state index contributed by atoms with van der Waals surface area (Å²) in [5, 5.41) is 4.41. The van der Waals surface area contributed by atoms with Crippen molar-refractivity contribution in [3.05, 3.63) is 63.6 Å². The van der Waals surface area contributed by atoms with E-state index >= 15 is 0 Å². The fraction of sp³-hybridized carbons (Fsp3) is 0.381. The minimum absolute atomic E-state index is 0.0177. The fourth-order valence-corrected chi connectivity index (χ4v) is 3.91. The second-order valence-electron chi connectivity index (χ2n) is 6.81. The van der Waals surface area contributed by atoms with Gasteiger partial charge in [-0.2, -0.15) is 0 Å². The highest BCUT2D eigenvalue weighted by Crippen LogP contribution is 2.28. The van der Waals surface area contributed by atoms with Crippen LogP contribution < -0.4 is 5.32 Å². The highest BCUT2D eigenvalue weighted by atomic mass is 35.5. The molecule has 0 unspecified atom stereocenters. The molecule has 138 valence electrons. The average Bonchev–Trinajstić information content (AvgIpc) is 2.66. The predicted octanol–water partition coefficient (Wildman–Crippen LogP) is 5.41. The maximum atomic E-state index is 12.7. The van der Waals surface area contributed by atoms with Crippen LogP contribution >= 0.6 is 23.2 Å². The molecule has 0 aromatic heterocycles. The van der Waals surface area contributed by atoms with E-state index in [2.05, 4.69) is 29.3 Å². The number of aryl methyl sites for hydroxylation is 1. The molecule has 2 aromatic carbocycles. The van der Waals surface area contributed by atoms with Gasteiger partial charge in [0.2, 0.25) is 5.91 Å². The fourth-order valence-electron chi connectivity index (χ4n) is 3.39. The Kier molecular flexibility index (Phi) is 6.58. The monoisotopic (exact) mass is 390 g/mol. The number of benzene rings is 2. The lowest BCUT2D eigenvalue weighted by Crippen LogP contribution is -2.40. The van der Waals surface area contributed by atoms with Crippen molar-refractivity contribution in [3.63, 3.8) is 0 Å². The van der Waals surface area contributed by atoms with Gasteiger partial charge in [-0.3, -0.25) is 9.69 Å². The van der Waals surface area contributed by atoms with Gasteiger partial charge in [-0.25, -0.2) is 0 Å². The molecule has 0 aliphatic carbocycles. The summed E-state index contributed by atoms with van der Waals surface area (Å²) in [5.74, 6) is 0.0695. The number of amides is 1. The van der Waals surface area contributed by atoms with Crippen molar-refractivity contribution in [1.29, 1.82) is 0 Å². The lowest BCUT2D eigenvalue weighted by atomic mass is 9.96. The summed E-state index contributed by atoms with van der Waals surface area (Å²) in [6.45, 7) is 4.47. The van der Waals surface area contributed by atoms with E-state index in [4.69, 9.17) is 23.2 Å². The van der Waals surface area contributed by atoms with Crippen LogP contribution in [0.15, 0.2) is 42.5 Å². The van der Waals surface area contributed by atoms with Gasteiger partial charge in [0.25, 0.3) is 0 Å². The molecule has 3 nitrogen and oxygen atoms in total. The molecule has 1 saturated heterocycles. The normalized spacial score (nSPS) is 17.9. The Morgan fingerprint density at radius 2 is 1.85 bits per heavy atom. The van der Waals surface area contributed by atoms with Crippen molar-refractivity contribution < 1.29 is 4.79 Å². The first-order valence-electron chi connectivity index (χ1n) is 9.12. The van der Waals surface area contributed by atoms with Crippen LogP contribution in [0.25, 0.3) is 0 Å². The summed E-state index contributed by atoms with van der Waals surface area (Å²) in [4.78, 5) is 14.9. The zero-order valence-electron chi connectivity index (χ0n) is 15.0. The molecule has 1 aliphatic heterocycles. The molecule has 1 heterocycles. The summed E-state index contributed by atoms with van der Waals surface area (Å²) in [5.41, 5.74) is 3.06. The Morgan fingerprint density at radius 3 is 2.50 bits per heavy atom. The summed E-state index contributed by atoms with van der Waals surface area (Å²) in [6, 6.07) is 13.6. The van der Waals surface area contributed by atoms with Crippen molar-refractivity contribution in [1.82, 2.24) is 4.90 Å². The third-order valence-electron chi connectivity index (χ3n) is 4.95. The maximum Gasteiger partial charge on any atom is 0.228 e. The number of halogens is 2. The van der Waals surface area contributed by atoms with Gasteiger partial charge < -0.3 is 5.32 Å². The lowest BCUT2D eigenvalue weighted by molar-refractivity contribution is -0.121. The molecular weight excluding hydrogens is 367 g/mol. The summed E-state index contributed by atoms with van der Waals surface area (Å²) in [6.07, 6.45) is 2.90. The number of nitrogens with zero attached hydrogens (tertiary/aromatic N) is 1. The topological polar surface area (TPSA) is 32.3 Å². The van der Waals surface area contributed by atoms with E-state index in [0.717, 1.165) is 43.6 Å². The van der Waals surface area contributed by atoms with Gasteiger partial charge in [-0.15, -0.1) is 0 Å². The maximum absolute atomic E-state index is 12.7. The van der Waals surface area contributed by atoms with Crippen LogP contribution in [0.4, 0.5) is 5.69 Å². The van der Waals surface area contributed by atoms with Crippen molar-refractivity contribution >= 4 is 34.8 Å². The zero-order valence-corrected chi connectivity index (χ0v) is 16.5. The van der Waals surface area contributed by atoms with Crippen LogP contribution in [0.3, 0.4) is 0 Å². The molecular formula is C21H24Cl2N2O. The van der Waals surface area contributed by atoms with Gasteiger partial charge in [0, 0.05) is 34.4 Å². The first-order valence-corrected chi connectivity index (χ1v) is 9.87. The molecule has 1 N–H and O–H groups in total. The summed E-state index contributed by atoms with van der Waals surface area (Å²) >= 11 is 12.6. The van der Waals surface area contributed by atoms with Crippen LogP contribution in [0.2, 0.25) is 10.0 Å². The van der Waals surface area contributed by atoms with Crippen molar-refractivity contribution in [2.45, 2.75) is 32.7 Å². The summed E-state index contributed by atoms with van der Waals surface area (Å²) in [7, 11) is 0. The molecule has 0 radical (unpaired) electrons. The van der Waals surface area contributed by atoms with Crippen LogP contribution in [0, 0.1) is 5.92 Å². The highest BCUT2D eigenvalue weighted by Gasteiger charge is 2.26. The first kappa shape index (κ1) is 19.2. The van der Waals surface area contributed by atoms with E-state index < -0.39 is 0 Å². The SMILES string of the molecule is CCc1ccc(NC(=O)[C@@H]2CCCN(Cc3c(Cl)cccc3Cl)C2)cc1. The van der Waals surface area contributed by atoms with Crippen LogP contribution in [0.1, 0.15) is 30.9 Å². The van der Waals surface area contributed by atoms with E-state index in [1.54, 1.807) is 0 Å². The Morgan fingerprint density at radius 1 is 1.15 bits per heavy atom. The van der Waals surface area contributed by atoms with Gasteiger partial charge in [0.15, 0.2) is 0 Å². The molecule has 0 bridgehead atoms. The van der Waals surface area contributed by atoms with Crippen LogP contribution in [0.5, 0.6) is 0 Å². The van der Waals surface area contributed by atoms with Crippen LogP contribution in [-0.4, -0.2) is 23.9 Å². The van der Waals surface area contributed by atoms with Crippen molar-refractivity contribution in [2.75, 3.05) is 18.4 Å². The minimum atomic E-state index is -0.0177. The van der Waals surface area contributed by atoms with Crippen LogP contribution in [-0.2, 0) is 17.8 Å². The number of piperidine rings is 1. The van der Waals surface area contributed by atoms with E-state index in [1.165, 1.54) is 5.56 Å². The molecule has 3 rings (SSSR count). The second kappa shape index (κ2) is 8.90. The van der Waals surface area contributed by atoms with Gasteiger partial charge in [0.1, 0.15) is 0 Å². The minimum Gasteiger partial charge on any atom is -0.326 e. The van der Waals surface area contributed by atoms with Gasteiger partial charge in [-0.1, -0.05) is 48.3 Å².